The summed E-state index contributed by atoms with van der Waals surface area (Å²) >= 11 is 0. The average molecular weight is 439 g/mol. The standard InChI is InChI=1S/C25H31FN4O2/c1-17-5-3-4-6-23(17)28-25(32)27-20-15-21(18-7-9-19(26)10-8-18)22(16-20)24(31)30-13-11-29(2)12-14-30/h3-10,20-22H,11-16H2,1-2H3,(H2,27,28,32)/t20-,21+,22-/m0/s1. The number of likely N-dealkylation sites (N-methyl/N-ethyl adjacent to an activating group) is 1. The first-order valence-electron chi connectivity index (χ1n) is 11.3. The number of amides is 3. The van der Waals surface area contributed by atoms with Crippen molar-refractivity contribution in [2.24, 2.45) is 5.92 Å². The van der Waals surface area contributed by atoms with Gasteiger partial charge in [-0.1, -0.05) is 30.3 Å². The molecule has 2 aromatic rings. The quantitative estimate of drug-likeness (QED) is 0.767. The van der Waals surface area contributed by atoms with Crippen LogP contribution in [0.1, 0.15) is 29.9 Å². The van der Waals surface area contributed by atoms with Gasteiger partial charge in [-0.05, 0) is 62.1 Å². The molecule has 1 aliphatic heterocycles. The number of hydrogen-bond acceptors (Lipinski definition) is 3. The Hall–Kier alpha value is -2.93. The van der Waals surface area contributed by atoms with Crippen LogP contribution in [0.4, 0.5) is 14.9 Å². The second-order valence-electron chi connectivity index (χ2n) is 8.97. The number of hydrogen-bond donors (Lipinski definition) is 2. The fraction of sp³-hybridized carbons (Fsp3) is 0.440. The smallest absolute Gasteiger partial charge is 0.319 e. The zero-order chi connectivity index (χ0) is 22.7. The van der Waals surface area contributed by atoms with Gasteiger partial charge in [0.1, 0.15) is 5.82 Å². The Bertz CT molecular complexity index is 957. The van der Waals surface area contributed by atoms with Gasteiger partial charge in [-0.25, -0.2) is 9.18 Å². The summed E-state index contributed by atoms with van der Waals surface area (Å²) in [4.78, 5) is 30.2. The van der Waals surface area contributed by atoms with Gasteiger partial charge in [0.15, 0.2) is 0 Å². The van der Waals surface area contributed by atoms with Crippen molar-refractivity contribution >= 4 is 17.6 Å². The van der Waals surface area contributed by atoms with E-state index in [9.17, 15) is 14.0 Å². The third kappa shape index (κ3) is 5.10. The van der Waals surface area contributed by atoms with Gasteiger partial charge in [0.2, 0.25) is 5.91 Å². The van der Waals surface area contributed by atoms with Crippen LogP contribution in [0.5, 0.6) is 0 Å². The number of benzene rings is 2. The molecule has 1 saturated heterocycles. The van der Waals surface area contributed by atoms with Gasteiger partial charge in [0.25, 0.3) is 0 Å². The first-order valence-corrected chi connectivity index (χ1v) is 11.3. The molecule has 0 spiro atoms. The molecule has 0 aromatic heterocycles. The number of carbonyl (C=O) groups is 2. The zero-order valence-corrected chi connectivity index (χ0v) is 18.7. The zero-order valence-electron chi connectivity index (χ0n) is 18.7. The van der Waals surface area contributed by atoms with Gasteiger partial charge < -0.3 is 20.4 Å². The van der Waals surface area contributed by atoms with Crippen molar-refractivity contribution in [2.45, 2.75) is 31.7 Å². The number of anilines is 1. The molecule has 2 N–H and O–H groups in total. The van der Waals surface area contributed by atoms with Crippen LogP contribution in [0.3, 0.4) is 0 Å². The monoisotopic (exact) mass is 438 g/mol. The molecule has 4 rings (SSSR count). The molecule has 0 radical (unpaired) electrons. The van der Waals surface area contributed by atoms with Gasteiger partial charge in [0, 0.05) is 43.8 Å². The van der Waals surface area contributed by atoms with Crippen molar-refractivity contribution in [2.75, 3.05) is 38.5 Å². The van der Waals surface area contributed by atoms with E-state index in [0.29, 0.717) is 25.9 Å². The number of halogens is 1. The minimum absolute atomic E-state index is 0.0495. The van der Waals surface area contributed by atoms with Crippen LogP contribution in [-0.2, 0) is 4.79 Å². The molecule has 2 aliphatic rings. The van der Waals surface area contributed by atoms with E-state index < -0.39 is 0 Å². The Morgan fingerprint density at radius 1 is 0.969 bits per heavy atom. The Morgan fingerprint density at radius 2 is 1.66 bits per heavy atom. The van der Waals surface area contributed by atoms with E-state index >= 15 is 0 Å². The molecule has 1 aliphatic carbocycles. The van der Waals surface area contributed by atoms with Gasteiger partial charge in [-0.15, -0.1) is 0 Å². The van der Waals surface area contributed by atoms with Gasteiger partial charge in [-0.2, -0.15) is 0 Å². The van der Waals surface area contributed by atoms with E-state index in [0.717, 1.165) is 29.9 Å². The summed E-state index contributed by atoms with van der Waals surface area (Å²) < 4.78 is 13.5. The van der Waals surface area contributed by atoms with E-state index in [2.05, 4.69) is 22.6 Å². The van der Waals surface area contributed by atoms with Crippen molar-refractivity contribution in [3.05, 3.63) is 65.5 Å². The molecule has 0 unspecified atom stereocenters. The highest BCUT2D eigenvalue weighted by atomic mass is 19.1. The normalized spacial score (nSPS) is 23.7. The second kappa shape index (κ2) is 9.69. The van der Waals surface area contributed by atoms with E-state index in [4.69, 9.17) is 0 Å². The average Bonchev–Trinajstić information content (AvgIpc) is 3.19. The molecular weight excluding hydrogens is 407 g/mol. The minimum atomic E-state index is -0.291. The van der Waals surface area contributed by atoms with Crippen molar-refractivity contribution in [3.8, 4) is 0 Å². The third-order valence-electron chi connectivity index (χ3n) is 6.72. The first kappa shape index (κ1) is 22.3. The van der Waals surface area contributed by atoms with E-state index in [1.54, 1.807) is 12.1 Å². The van der Waals surface area contributed by atoms with Crippen molar-refractivity contribution in [1.82, 2.24) is 15.1 Å². The Morgan fingerprint density at radius 3 is 2.34 bits per heavy atom. The van der Waals surface area contributed by atoms with Crippen LogP contribution in [0.25, 0.3) is 0 Å². The Kier molecular flexibility index (Phi) is 6.74. The van der Waals surface area contributed by atoms with Gasteiger partial charge in [0.05, 0.1) is 0 Å². The Labute approximate surface area is 188 Å². The van der Waals surface area contributed by atoms with Crippen molar-refractivity contribution in [1.29, 1.82) is 0 Å². The van der Waals surface area contributed by atoms with E-state index in [1.165, 1.54) is 12.1 Å². The van der Waals surface area contributed by atoms with Crippen LogP contribution in [-0.4, -0.2) is 61.0 Å². The molecule has 170 valence electrons. The molecule has 1 heterocycles. The summed E-state index contributed by atoms with van der Waals surface area (Å²) in [6, 6.07) is 13.6. The summed E-state index contributed by atoms with van der Waals surface area (Å²) in [6.07, 6.45) is 1.23. The number of rotatable bonds is 4. The summed E-state index contributed by atoms with van der Waals surface area (Å²) in [7, 11) is 2.06. The molecule has 2 aromatic carbocycles. The highest BCUT2D eigenvalue weighted by Crippen LogP contribution is 2.41. The lowest BCUT2D eigenvalue weighted by molar-refractivity contribution is -0.137. The largest absolute Gasteiger partial charge is 0.340 e. The molecule has 6 nitrogen and oxygen atoms in total. The van der Waals surface area contributed by atoms with Crippen LogP contribution in [0, 0.1) is 18.7 Å². The highest BCUT2D eigenvalue weighted by molar-refractivity contribution is 5.90. The molecule has 0 bridgehead atoms. The fourth-order valence-corrected chi connectivity index (χ4v) is 4.83. The first-order chi connectivity index (χ1) is 15.4. The Balaban J connectivity index is 1.47. The van der Waals surface area contributed by atoms with Crippen LogP contribution < -0.4 is 10.6 Å². The fourth-order valence-electron chi connectivity index (χ4n) is 4.83. The lowest BCUT2D eigenvalue weighted by atomic mass is 9.88. The molecule has 32 heavy (non-hydrogen) atoms. The summed E-state index contributed by atoms with van der Waals surface area (Å²) in [5.74, 6) is -0.434. The molecule has 7 heteroatoms. The number of nitrogens with zero attached hydrogens (tertiary/aromatic N) is 2. The number of nitrogens with one attached hydrogen (secondary N) is 2. The minimum Gasteiger partial charge on any atom is -0.340 e. The predicted molar refractivity (Wildman–Crippen MR) is 123 cm³/mol. The van der Waals surface area contributed by atoms with E-state index in [-0.39, 0.29) is 35.6 Å². The van der Waals surface area contributed by atoms with E-state index in [1.807, 2.05) is 36.1 Å². The van der Waals surface area contributed by atoms with Gasteiger partial charge >= 0.3 is 6.03 Å². The maximum Gasteiger partial charge on any atom is 0.319 e. The number of carbonyl (C=O) groups excluding carboxylic acids is 2. The predicted octanol–water partition coefficient (Wildman–Crippen LogP) is 3.59. The number of aryl methyl sites for hydroxylation is 1. The van der Waals surface area contributed by atoms with Crippen molar-refractivity contribution < 1.29 is 14.0 Å². The highest BCUT2D eigenvalue weighted by Gasteiger charge is 2.42. The maximum absolute atomic E-state index is 13.5. The molecular formula is C25H31FN4O2. The van der Waals surface area contributed by atoms with Crippen molar-refractivity contribution in [3.63, 3.8) is 0 Å². The molecule has 3 atom stereocenters. The SMILES string of the molecule is Cc1ccccc1NC(=O)N[C@@H]1C[C@H](C(=O)N2CCN(C)CC2)[C@@H](c2ccc(F)cc2)C1. The number of para-hydroxylation sites is 1. The number of urea groups is 1. The topological polar surface area (TPSA) is 64.7 Å². The van der Waals surface area contributed by atoms with Gasteiger partial charge in [-0.3, -0.25) is 4.79 Å². The summed E-state index contributed by atoms with van der Waals surface area (Å²) in [6.45, 7) is 5.10. The molecule has 2 fully saturated rings. The summed E-state index contributed by atoms with van der Waals surface area (Å²) in [5, 5.41) is 5.97. The maximum atomic E-state index is 13.5. The lowest BCUT2D eigenvalue weighted by Gasteiger charge is -2.35. The molecule has 1 saturated carbocycles. The third-order valence-corrected chi connectivity index (χ3v) is 6.72. The number of piperazine rings is 1. The molecule has 3 amide bonds. The second-order valence-corrected chi connectivity index (χ2v) is 8.97. The van der Waals surface area contributed by atoms with Crippen LogP contribution in [0.2, 0.25) is 0 Å². The summed E-state index contributed by atoms with van der Waals surface area (Å²) in [5.41, 5.74) is 2.70. The lowest BCUT2D eigenvalue weighted by Crippen LogP contribution is -2.49. The van der Waals surface area contributed by atoms with Crippen LogP contribution in [0.15, 0.2) is 48.5 Å². The van der Waals surface area contributed by atoms with Crippen LogP contribution >= 0.6 is 0 Å².